The Morgan fingerprint density at radius 3 is 1.83 bits per heavy atom. The first-order chi connectivity index (χ1) is 2.63. The van der Waals surface area contributed by atoms with E-state index in [4.69, 9.17) is 0 Å². The molecule has 0 bridgehead atoms. The number of hydrogen-bond donors (Lipinski definition) is 1. The summed E-state index contributed by atoms with van der Waals surface area (Å²) < 4.78 is 0. The van der Waals surface area contributed by atoms with Crippen LogP contribution in [-0.2, 0) is 4.79 Å². The molecule has 0 saturated carbocycles. The molecule has 1 heterocycles. The largest absolute Gasteiger partial charge is 0.340 e. The Labute approximate surface area is 36.5 Å². The van der Waals surface area contributed by atoms with Crippen molar-refractivity contribution >= 4 is 5.91 Å². The SMILES string of the molecule is CC1(C)NC1=O. The average molecular weight is 85.1 g/mol. The first-order valence-electron chi connectivity index (χ1n) is 1.95. The van der Waals surface area contributed by atoms with Gasteiger partial charge in [0.2, 0.25) is 5.91 Å². The fourth-order valence-electron chi connectivity index (χ4n) is 0.253. The molecule has 0 atom stereocenters. The molecule has 1 amide bonds. The summed E-state index contributed by atoms with van der Waals surface area (Å²) >= 11 is 0. The summed E-state index contributed by atoms with van der Waals surface area (Å²) in [6.45, 7) is 3.71. The van der Waals surface area contributed by atoms with Crippen LogP contribution < -0.4 is 5.32 Å². The molecule has 1 N–H and O–H groups in total. The van der Waals surface area contributed by atoms with Gasteiger partial charge in [-0.1, -0.05) is 0 Å². The minimum absolute atomic E-state index is 0.155. The standard InChI is InChI=1S/C4H7NO/c1-4(2)3(6)5-4/h1-2H3,(H,5,6). The van der Waals surface area contributed by atoms with Gasteiger partial charge in [0, 0.05) is 0 Å². The summed E-state index contributed by atoms with van der Waals surface area (Å²) in [5.74, 6) is 0.155. The molecule has 0 aromatic rings. The topological polar surface area (TPSA) is 39.0 Å². The number of rotatable bonds is 0. The van der Waals surface area contributed by atoms with Crippen molar-refractivity contribution in [2.24, 2.45) is 0 Å². The van der Waals surface area contributed by atoms with Gasteiger partial charge < -0.3 is 5.32 Å². The van der Waals surface area contributed by atoms with E-state index in [1.165, 1.54) is 0 Å². The van der Waals surface area contributed by atoms with Crippen LogP contribution in [0, 0.1) is 0 Å². The van der Waals surface area contributed by atoms with Crippen LogP contribution in [0.5, 0.6) is 0 Å². The Hall–Kier alpha value is -0.530. The smallest absolute Gasteiger partial charge is 0.246 e. The van der Waals surface area contributed by atoms with Crippen LogP contribution in [0.3, 0.4) is 0 Å². The van der Waals surface area contributed by atoms with Crippen LogP contribution in [0.15, 0.2) is 0 Å². The molecule has 0 spiro atoms. The highest BCUT2D eigenvalue weighted by Gasteiger charge is 2.43. The van der Waals surface area contributed by atoms with Crippen molar-refractivity contribution in [3.8, 4) is 0 Å². The van der Waals surface area contributed by atoms with Gasteiger partial charge in [-0.3, -0.25) is 4.79 Å². The monoisotopic (exact) mass is 85.1 g/mol. The van der Waals surface area contributed by atoms with Crippen LogP contribution in [-0.4, -0.2) is 11.4 Å². The minimum atomic E-state index is -0.181. The molecule has 0 aromatic heterocycles. The molecule has 0 radical (unpaired) electrons. The second-order valence-corrected chi connectivity index (χ2v) is 2.08. The van der Waals surface area contributed by atoms with E-state index in [1.807, 2.05) is 13.8 Å². The number of carbonyl (C=O) groups is 1. The summed E-state index contributed by atoms with van der Waals surface area (Å²) in [6, 6.07) is 0. The van der Waals surface area contributed by atoms with Crippen LogP contribution >= 0.6 is 0 Å². The molecule has 34 valence electrons. The molecule has 1 saturated heterocycles. The predicted octanol–water partition coefficient (Wildman–Crippen LogP) is -0.105. The van der Waals surface area contributed by atoms with Gasteiger partial charge >= 0.3 is 0 Å². The molecule has 0 unspecified atom stereocenters. The molecule has 6 heavy (non-hydrogen) atoms. The first-order valence-corrected chi connectivity index (χ1v) is 1.95. The van der Waals surface area contributed by atoms with E-state index in [2.05, 4.69) is 5.32 Å². The van der Waals surface area contributed by atoms with Crippen molar-refractivity contribution in [3.63, 3.8) is 0 Å². The van der Waals surface area contributed by atoms with E-state index in [1.54, 1.807) is 0 Å². The van der Waals surface area contributed by atoms with E-state index in [9.17, 15) is 4.79 Å². The van der Waals surface area contributed by atoms with Crippen LogP contribution in [0.25, 0.3) is 0 Å². The van der Waals surface area contributed by atoms with Gasteiger partial charge in [-0.2, -0.15) is 0 Å². The van der Waals surface area contributed by atoms with Crippen molar-refractivity contribution in [2.75, 3.05) is 0 Å². The van der Waals surface area contributed by atoms with Gasteiger partial charge in [0.25, 0.3) is 0 Å². The first kappa shape index (κ1) is 3.65. The van der Waals surface area contributed by atoms with Crippen molar-refractivity contribution in [2.45, 2.75) is 19.4 Å². The van der Waals surface area contributed by atoms with Crippen LogP contribution in [0.2, 0.25) is 0 Å². The van der Waals surface area contributed by atoms with Gasteiger partial charge in [-0.25, -0.2) is 0 Å². The zero-order valence-corrected chi connectivity index (χ0v) is 3.91. The Bertz CT molecular complexity index is 95.7. The Kier molecular flexibility index (Phi) is 0.365. The summed E-state index contributed by atoms with van der Waals surface area (Å²) in [6.07, 6.45) is 0. The highest BCUT2D eigenvalue weighted by Crippen LogP contribution is 2.14. The second-order valence-electron chi connectivity index (χ2n) is 2.08. The molecule has 2 heteroatoms. The van der Waals surface area contributed by atoms with E-state index in [-0.39, 0.29) is 11.4 Å². The van der Waals surface area contributed by atoms with Gasteiger partial charge in [-0.05, 0) is 13.8 Å². The van der Waals surface area contributed by atoms with Gasteiger partial charge in [-0.15, -0.1) is 0 Å². The third-order valence-corrected chi connectivity index (χ3v) is 0.931. The van der Waals surface area contributed by atoms with Crippen molar-refractivity contribution in [1.82, 2.24) is 5.32 Å². The molecule has 0 aliphatic carbocycles. The zero-order chi connectivity index (χ0) is 4.78. The average Bonchev–Trinajstić information content (AvgIpc) is 1.73. The normalized spacial score (nSPS) is 26.0. The second kappa shape index (κ2) is 0.600. The van der Waals surface area contributed by atoms with Crippen LogP contribution in [0.1, 0.15) is 13.8 Å². The maximum Gasteiger partial charge on any atom is 0.246 e. The maximum atomic E-state index is 10.1. The number of amides is 1. The van der Waals surface area contributed by atoms with E-state index in [0.29, 0.717) is 0 Å². The lowest BCUT2D eigenvalue weighted by Crippen LogP contribution is -1.99. The van der Waals surface area contributed by atoms with Crippen molar-refractivity contribution in [3.05, 3.63) is 0 Å². The lowest BCUT2D eigenvalue weighted by molar-refractivity contribution is -0.111. The Balaban J connectivity index is 2.63. The summed E-state index contributed by atoms with van der Waals surface area (Å²) in [5, 5.41) is 2.63. The highest BCUT2D eigenvalue weighted by molar-refractivity contribution is 6.00. The van der Waals surface area contributed by atoms with E-state index in [0.717, 1.165) is 0 Å². The third kappa shape index (κ3) is 0.295. The van der Waals surface area contributed by atoms with E-state index >= 15 is 0 Å². The third-order valence-electron chi connectivity index (χ3n) is 0.931. The molecule has 1 aliphatic rings. The predicted molar refractivity (Wildman–Crippen MR) is 22.2 cm³/mol. The number of hydrogen-bond acceptors (Lipinski definition) is 1. The molecular formula is C4H7NO. The summed E-state index contributed by atoms with van der Waals surface area (Å²) in [7, 11) is 0. The minimum Gasteiger partial charge on any atom is -0.340 e. The van der Waals surface area contributed by atoms with Gasteiger partial charge in [0.15, 0.2) is 0 Å². The quantitative estimate of drug-likeness (QED) is 0.410. The van der Waals surface area contributed by atoms with Crippen molar-refractivity contribution < 1.29 is 4.79 Å². The lowest BCUT2D eigenvalue weighted by Gasteiger charge is -1.80. The Morgan fingerprint density at radius 2 is 1.83 bits per heavy atom. The molecule has 1 rings (SSSR count). The lowest BCUT2D eigenvalue weighted by atomic mass is 10.2. The van der Waals surface area contributed by atoms with Crippen LogP contribution in [0.4, 0.5) is 0 Å². The number of nitrogens with one attached hydrogen (secondary N) is 1. The van der Waals surface area contributed by atoms with Gasteiger partial charge in [0.05, 0.1) is 0 Å². The molecule has 0 aromatic carbocycles. The molecular weight excluding hydrogens is 78.0 g/mol. The zero-order valence-electron chi connectivity index (χ0n) is 3.91. The fourth-order valence-corrected chi connectivity index (χ4v) is 0.253. The molecule has 1 aliphatic heterocycles. The summed E-state index contributed by atoms with van der Waals surface area (Å²) in [4.78, 5) is 10.1. The van der Waals surface area contributed by atoms with Gasteiger partial charge in [0.1, 0.15) is 5.54 Å². The fraction of sp³-hybridized carbons (Fsp3) is 0.750. The molecule has 2 nitrogen and oxygen atoms in total. The van der Waals surface area contributed by atoms with Crippen molar-refractivity contribution in [1.29, 1.82) is 0 Å². The Morgan fingerprint density at radius 1 is 1.67 bits per heavy atom. The number of carbonyl (C=O) groups excluding carboxylic acids is 1. The molecule has 1 fully saturated rings. The highest BCUT2D eigenvalue weighted by atomic mass is 16.2. The van der Waals surface area contributed by atoms with E-state index < -0.39 is 0 Å². The maximum absolute atomic E-state index is 10.1. The summed E-state index contributed by atoms with van der Waals surface area (Å²) in [5.41, 5.74) is -0.181.